The van der Waals surface area contributed by atoms with Crippen LogP contribution in [0, 0.1) is 20.2 Å². The van der Waals surface area contributed by atoms with Crippen LogP contribution < -0.4 is 0 Å². The maximum absolute atomic E-state index is 5.15. The lowest BCUT2D eigenvalue weighted by molar-refractivity contribution is 0.561. The molecule has 65 valence electrons. The van der Waals surface area contributed by atoms with Crippen molar-refractivity contribution in [1.82, 2.24) is 4.98 Å². The van der Waals surface area contributed by atoms with E-state index in [0.717, 1.165) is 11.3 Å². The zero-order valence-corrected chi connectivity index (χ0v) is 7.66. The maximum atomic E-state index is 5.15. The van der Waals surface area contributed by atoms with Crippen LogP contribution in [0.5, 0.6) is 0 Å². The Morgan fingerprint density at radius 1 is 1.23 bits per heavy atom. The molecule has 0 aliphatic rings. The molecule has 0 N–H and O–H groups in total. The highest BCUT2D eigenvalue weighted by molar-refractivity contribution is 5.65. The molecule has 2 heteroatoms. The van der Waals surface area contributed by atoms with E-state index in [1.54, 1.807) is 6.20 Å². The quantitative estimate of drug-likeness (QED) is 0.661. The Hall–Kier alpha value is -1.57. The van der Waals surface area contributed by atoms with E-state index in [0.29, 0.717) is 0 Å². The third-order valence-electron chi connectivity index (χ3n) is 2.12. The minimum Gasteiger partial charge on any atom is -0.432 e. The van der Waals surface area contributed by atoms with Crippen LogP contribution in [-0.2, 0) is 0 Å². The van der Waals surface area contributed by atoms with Crippen LogP contribution in [-0.4, -0.2) is 4.98 Å². The van der Waals surface area contributed by atoms with Crippen LogP contribution in [0.4, 0.5) is 0 Å². The van der Waals surface area contributed by atoms with Gasteiger partial charge in [0, 0.05) is 5.56 Å². The summed E-state index contributed by atoms with van der Waals surface area (Å²) in [5, 5.41) is 0. The van der Waals surface area contributed by atoms with E-state index in [1.807, 2.05) is 6.07 Å². The summed E-state index contributed by atoms with van der Waals surface area (Å²) in [4.78, 5) is 3.79. The summed E-state index contributed by atoms with van der Waals surface area (Å²) >= 11 is 0. The molecule has 0 spiro atoms. The highest BCUT2D eigenvalue weighted by atomic mass is 16.3. The van der Waals surface area contributed by atoms with Crippen LogP contribution in [0.3, 0.4) is 0 Å². The van der Waals surface area contributed by atoms with Gasteiger partial charge in [-0.15, -0.1) is 0 Å². The first-order chi connectivity index (χ1) is 6.29. The SMILES string of the molecule is Cc1cccc(C)c1-c1cn[c]o1. The van der Waals surface area contributed by atoms with Gasteiger partial charge in [-0.05, 0) is 25.0 Å². The largest absolute Gasteiger partial charge is 0.432 e. The van der Waals surface area contributed by atoms with Crippen molar-refractivity contribution in [2.24, 2.45) is 0 Å². The number of oxazole rings is 1. The molecule has 0 fully saturated rings. The number of hydrogen-bond acceptors (Lipinski definition) is 2. The number of rotatable bonds is 1. The van der Waals surface area contributed by atoms with E-state index >= 15 is 0 Å². The van der Waals surface area contributed by atoms with E-state index in [9.17, 15) is 0 Å². The summed E-state index contributed by atoms with van der Waals surface area (Å²) in [6.07, 6.45) is 4.15. The van der Waals surface area contributed by atoms with Crippen molar-refractivity contribution in [3.8, 4) is 11.3 Å². The maximum Gasteiger partial charge on any atom is 0.284 e. The monoisotopic (exact) mass is 172 g/mol. The van der Waals surface area contributed by atoms with Gasteiger partial charge in [-0.2, -0.15) is 0 Å². The first-order valence-corrected chi connectivity index (χ1v) is 4.17. The van der Waals surface area contributed by atoms with Crippen molar-refractivity contribution < 1.29 is 4.42 Å². The second-order valence-electron chi connectivity index (χ2n) is 3.08. The smallest absolute Gasteiger partial charge is 0.284 e. The molecule has 1 heterocycles. The molecule has 0 atom stereocenters. The number of benzene rings is 1. The molecule has 0 aliphatic carbocycles. The van der Waals surface area contributed by atoms with Gasteiger partial charge in [-0.3, -0.25) is 0 Å². The number of nitrogens with zero attached hydrogens (tertiary/aromatic N) is 1. The Balaban J connectivity index is 2.64. The Morgan fingerprint density at radius 3 is 2.46 bits per heavy atom. The van der Waals surface area contributed by atoms with Gasteiger partial charge in [0.05, 0.1) is 6.20 Å². The number of aryl methyl sites for hydroxylation is 2. The Bertz CT molecular complexity index is 384. The molecule has 0 bridgehead atoms. The molecule has 13 heavy (non-hydrogen) atoms. The van der Waals surface area contributed by atoms with E-state index in [1.165, 1.54) is 11.1 Å². The third-order valence-corrected chi connectivity index (χ3v) is 2.12. The van der Waals surface area contributed by atoms with Crippen LogP contribution in [0.15, 0.2) is 28.8 Å². The van der Waals surface area contributed by atoms with E-state index in [-0.39, 0.29) is 0 Å². The lowest BCUT2D eigenvalue weighted by Gasteiger charge is -2.04. The van der Waals surface area contributed by atoms with Crippen LogP contribution in [0.1, 0.15) is 11.1 Å². The minimum absolute atomic E-state index is 0.788. The first kappa shape index (κ1) is 8.05. The molecule has 2 rings (SSSR count). The van der Waals surface area contributed by atoms with Crippen molar-refractivity contribution in [2.45, 2.75) is 13.8 Å². The Labute approximate surface area is 77.2 Å². The summed E-state index contributed by atoms with van der Waals surface area (Å²) < 4.78 is 5.15. The molecule has 0 unspecified atom stereocenters. The lowest BCUT2D eigenvalue weighted by Crippen LogP contribution is -1.85. The molecule has 0 saturated carbocycles. The molecule has 2 aromatic rings. The van der Waals surface area contributed by atoms with Crippen LogP contribution >= 0.6 is 0 Å². The summed E-state index contributed by atoms with van der Waals surface area (Å²) in [7, 11) is 0. The Morgan fingerprint density at radius 2 is 1.92 bits per heavy atom. The van der Waals surface area contributed by atoms with Crippen molar-refractivity contribution in [3.05, 3.63) is 41.9 Å². The fourth-order valence-electron chi connectivity index (χ4n) is 1.51. The minimum atomic E-state index is 0.788. The van der Waals surface area contributed by atoms with Crippen molar-refractivity contribution >= 4 is 0 Å². The van der Waals surface area contributed by atoms with Crippen LogP contribution in [0.2, 0.25) is 0 Å². The topological polar surface area (TPSA) is 26.0 Å². The van der Waals surface area contributed by atoms with Crippen molar-refractivity contribution in [1.29, 1.82) is 0 Å². The molecule has 0 amide bonds. The molecule has 2 nitrogen and oxygen atoms in total. The predicted molar refractivity (Wildman–Crippen MR) is 50.2 cm³/mol. The number of hydrogen-bond donors (Lipinski definition) is 0. The summed E-state index contributed by atoms with van der Waals surface area (Å²) in [6.45, 7) is 4.12. The second-order valence-corrected chi connectivity index (χ2v) is 3.08. The van der Waals surface area contributed by atoms with Gasteiger partial charge in [-0.1, -0.05) is 18.2 Å². The van der Waals surface area contributed by atoms with Gasteiger partial charge >= 0.3 is 0 Å². The van der Waals surface area contributed by atoms with Crippen LogP contribution in [0.25, 0.3) is 11.3 Å². The molecule has 1 aromatic heterocycles. The first-order valence-electron chi connectivity index (χ1n) is 4.17. The highest BCUT2D eigenvalue weighted by Crippen LogP contribution is 2.25. The van der Waals surface area contributed by atoms with Gasteiger partial charge in [0.2, 0.25) is 0 Å². The second kappa shape index (κ2) is 3.05. The average molecular weight is 172 g/mol. The molecule has 1 aromatic carbocycles. The highest BCUT2D eigenvalue weighted by Gasteiger charge is 2.07. The predicted octanol–water partition coefficient (Wildman–Crippen LogP) is 2.76. The molecule has 0 saturated heterocycles. The van der Waals surface area contributed by atoms with E-state index in [4.69, 9.17) is 4.42 Å². The normalized spacial score (nSPS) is 10.3. The standard InChI is InChI=1S/C11H10NO/c1-8-4-3-5-9(2)11(8)10-6-12-7-13-10/h3-6H,1-2H3. The zero-order chi connectivity index (χ0) is 9.26. The van der Waals surface area contributed by atoms with Gasteiger partial charge < -0.3 is 4.42 Å². The summed E-state index contributed by atoms with van der Waals surface area (Å²) in [5.74, 6) is 0.788. The summed E-state index contributed by atoms with van der Waals surface area (Å²) in [5.41, 5.74) is 3.52. The molecular weight excluding hydrogens is 162 g/mol. The third kappa shape index (κ3) is 1.35. The fraction of sp³-hybridized carbons (Fsp3) is 0.182. The average Bonchev–Trinajstić information content (AvgIpc) is 2.57. The molecule has 1 radical (unpaired) electrons. The van der Waals surface area contributed by atoms with Gasteiger partial charge in [0.1, 0.15) is 0 Å². The van der Waals surface area contributed by atoms with Gasteiger partial charge in [0.25, 0.3) is 6.39 Å². The van der Waals surface area contributed by atoms with Crippen molar-refractivity contribution in [2.75, 3.05) is 0 Å². The zero-order valence-electron chi connectivity index (χ0n) is 7.66. The summed E-state index contributed by atoms with van der Waals surface area (Å²) in [6, 6.07) is 6.16. The molecular formula is C11H10NO. The van der Waals surface area contributed by atoms with Gasteiger partial charge in [0.15, 0.2) is 5.76 Å². The van der Waals surface area contributed by atoms with Gasteiger partial charge in [-0.25, -0.2) is 4.98 Å². The lowest BCUT2D eigenvalue weighted by atomic mass is 10.0. The van der Waals surface area contributed by atoms with E-state index in [2.05, 4.69) is 37.4 Å². The Kier molecular flexibility index (Phi) is 1.89. The number of aromatic nitrogens is 1. The van der Waals surface area contributed by atoms with E-state index < -0.39 is 0 Å². The van der Waals surface area contributed by atoms with Crippen molar-refractivity contribution in [3.63, 3.8) is 0 Å². The fourth-order valence-corrected chi connectivity index (χ4v) is 1.51. The molecule has 0 aliphatic heterocycles.